The maximum atomic E-state index is 11.6. The van der Waals surface area contributed by atoms with E-state index < -0.39 is 0 Å². The first kappa shape index (κ1) is 13.9. The van der Waals surface area contributed by atoms with E-state index in [1.165, 1.54) is 0 Å². The van der Waals surface area contributed by atoms with E-state index in [0.717, 1.165) is 5.56 Å². The molecule has 0 saturated heterocycles. The number of rotatable bonds is 6. The molecule has 2 aromatic carbocycles. The fourth-order valence-electron chi connectivity index (χ4n) is 1.78. The summed E-state index contributed by atoms with van der Waals surface area (Å²) in [5, 5.41) is 12.3. The molecule has 2 rings (SSSR count). The van der Waals surface area contributed by atoms with Crippen molar-refractivity contribution < 1.29 is 14.6 Å². The van der Waals surface area contributed by atoms with E-state index in [2.05, 4.69) is 5.32 Å². The first-order valence-corrected chi connectivity index (χ1v) is 6.47. The summed E-state index contributed by atoms with van der Waals surface area (Å²) in [4.78, 5) is 11.6. The van der Waals surface area contributed by atoms with Crippen LogP contribution in [-0.2, 0) is 11.2 Å². The van der Waals surface area contributed by atoms with Gasteiger partial charge < -0.3 is 15.2 Å². The molecule has 104 valence electrons. The molecule has 0 aliphatic heterocycles. The Morgan fingerprint density at radius 3 is 2.50 bits per heavy atom. The molecule has 0 atom stereocenters. The Hall–Kier alpha value is -2.49. The van der Waals surface area contributed by atoms with Gasteiger partial charge in [-0.25, -0.2) is 0 Å². The zero-order chi connectivity index (χ0) is 14.2. The van der Waals surface area contributed by atoms with Crippen LogP contribution in [-0.4, -0.2) is 24.2 Å². The van der Waals surface area contributed by atoms with Gasteiger partial charge in [-0.2, -0.15) is 0 Å². The van der Waals surface area contributed by atoms with E-state index in [-0.39, 0.29) is 18.3 Å². The summed E-state index contributed by atoms with van der Waals surface area (Å²) in [6.45, 7) is 0.458. The summed E-state index contributed by atoms with van der Waals surface area (Å²) >= 11 is 0. The van der Waals surface area contributed by atoms with Crippen LogP contribution < -0.4 is 10.1 Å². The van der Waals surface area contributed by atoms with Crippen molar-refractivity contribution in [2.24, 2.45) is 0 Å². The Morgan fingerprint density at radius 2 is 1.75 bits per heavy atom. The predicted molar refractivity (Wildman–Crippen MR) is 76.8 cm³/mol. The smallest absolute Gasteiger partial charge is 0.257 e. The lowest BCUT2D eigenvalue weighted by Gasteiger charge is -2.08. The summed E-state index contributed by atoms with van der Waals surface area (Å²) in [5.41, 5.74) is 0.816. The van der Waals surface area contributed by atoms with E-state index in [1.807, 2.05) is 30.3 Å². The number of aromatic hydroxyl groups is 1. The van der Waals surface area contributed by atoms with Gasteiger partial charge in [-0.3, -0.25) is 4.79 Å². The minimum atomic E-state index is -0.177. The zero-order valence-corrected chi connectivity index (χ0v) is 11.1. The topological polar surface area (TPSA) is 58.6 Å². The van der Waals surface area contributed by atoms with E-state index in [4.69, 9.17) is 4.74 Å². The maximum absolute atomic E-state index is 11.6. The summed E-state index contributed by atoms with van der Waals surface area (Å²) < 4.78 is 5.33. The molecule has 20 heavy (non-hydrogen) atoms. The third-order valence-corrected chi connectivity index (χ3v) is 2.82. The largest absolute Gasteiger partial charge is 0.508 e. The normalized spacial score (nSPS) is 10.0. The fraction of sp³-hybridized carbons (Fsp3) is 0.188. The molecular formula is C16H17NO3. The number of carbonyl (C=O) groups is 1. The van der Waals surface area contributed by atoms with Gasteiger partial charge in [-0.05, 0) is 30.2 Å². The molecular weight excluding hydrogens is 254 g/mol. The highest BCUT2D eigenvalue weighted by Crippen LogP contribution is 2.15. The molecule has 0 spiro atoms. The number of phenolic OH excluding ortho intramolecular Hbond substituents is 1. The fourth-order valence-corrected chi connectivity index (χ4v) is 1.78. The zero-order valence-electron chi connectivity index (χ0n) is 11.1. The Bertz CT molecular complexity index is 555. The Balaban J connectivity index is 1.69. The van der Waals surface area contributed by atoms with Crippen LogP contribution in [0, 0.1) is 0 Å². The second-order valence-corrected chi connectivity index (χ2v) is 4.33. The number of phenols is 1. The predicted octanol–water partition coefficient (Wildman–Crippen LogP) is 2.13. The molecule has 0 fully saturated rings. The van der Waals surface area contributed by atoms with Crippen LogP contribution in [0.3, 0.4) is 0 Å². The standard InChI is InChI=1S/C16H17NO3/c18-15-9-5-4-6-13(15)10-11-17-16(19)12-20-14-7-2-1-3-8-14/h1-9,18H,10-12H2,(H,17,19). The molecule has 0 saturated carbocycles. The number of ether oxygens (including phenoxy) is 1. The number of nitrogens with one attached hydrogen (secondary N) is 1. The van der Waals surface area contributed by atoms with Crippen molar-refractivity contribution in [3.63, 3.8) is 0 Å². The van der Waals surface area contributed by atoms with Crippen LogP contribution in [0.5, 0.6) is 11.5 Å². The number of hydrogen-bond donors (Lipinski definition) is 2. The number of hydrogen-bond acceptors (Lipinski definition) is 3. The van der Waals surface area contributed by atoms with E-state index in [9.17, 15) is 9.90 Å². The SMILES string of the molecule is O=C(COc1ccccc1)NCCc1ccccc1O. The Labute approximate surface area is 118 Å². The Kier molecular flexibility index (Phi) is 5.00. The second kappa shape index (κ2) is 7.19. The number of carbonyl (C=O) groups excluding carboxylic acids is 1. The molecule has 0 heterocycles. The molecule has 4 heteroatoms. The number of para-hydroxylation sites is 2. The van der Waals surface area contributed by atoms with E-state index >= 15 is 0 Å². The molecule has 0 aliphatic rings. The van der Waals surface area contributed by atoms with Crippen molar-refractivity contribution in [2.45, 2.75) is 6.42 Å². The lowest BCUT2D eigenvalue weighted by atomic mass is 10.1. The van der Waals surface area contributed by atoms with E-state index in [1.54, 1.807) is 24.3 Å². The lowest BCUT2D eigenvalue weighted by Crippen LogP contribution is -2.30. The molecule has 0 radical (unpaired) electrons. The van der Waals surface area contributed by atoms with Gasteiger partial charge in [0.2, 0.25) is 0 Å². The number of amides is 1. The lowest BCUT2D eigenvalue weighted by molar-refractivity contribution is -0.123. The quantitative estimate of drug-likeness (QED) is 0.846. The van der Waals surface area contributed by atoms with Gasteiger partial charge >= 0.3 is 0 Å². The third kappa shape index (κ3) is 4.31. The van der Waals surface area contributed by atoms with Crippen LogP contribution >= 0.6 is 0 Å². The van der Waals surface area contributed by atoms with Crippen LogP contribution in [0.2, 0.25) is 0 Å². The van der Waals surface area contributed by atoms with Crippen molar-refractivity contribution >= 4 is 5.91 Å². The molecule has 2 aromatic rings. The van der Waals surface area contributed by atoms with Crippen molar-refractivity contribution in [3.8, 4) is 11.5 Å². The van der Waals surface area contributed by atoms with Crippen LogP contribution in [0.15, 0.2) is 54.6 Å². The van der Waals surface area contributed by atoms with Gasteiger partial charge in [0.15, 0.2) is 6.61 Å². The van der Waals surface area contributed by atoms with Crippen LogP contribution in [0.4, 0.5) is 0 Å². The van der Waals surface area contributed by atoms with Crippen molar-refractivity contribution in [2.75, 3.05) is 13.2 Å². The summed E-state index contributed by atoms with van der Waals surface area (Å²) in [6.07, 6.45) is 0.587. The highest BCUT2D eigenvalue weighted by atomic mass is 16.5. The van der Waals surface area contributed by atoms with Crippen LogP contribution in [0.1, 0.15) is 5.56 Å². The van der Waals surface area contributed by atoms with Gasteiger partial charge in [-0.1, -0.05) is 36.4 Å². The van der Waals surface area contributed by atoms with Crippen molar-refractivity contribution in [3.05, 3.63) is 60.2 Å². The molecule has 0 bridgehead atoms. The number of benzene rings is 2. The highest BCUT2D eigenvalue weighted by molar-refractivity contribution is 5.77. The molecule has 1 amide bonds. The van der Waals surface area contributed by atoms with Gasteiger partial charge in [0.25, 0.3) is 5.91 Å². The van der Waals surface area contributed by atoms with Crippen molar-refractivity contribution in [1.82, 2.24) is 5.32 Å². The van der Waals surface area contributed by atoms with Gasteiger partial charge in [0.05, 0.1) is 0 Å². The minimum Gasteiger partial charge on any atom is -0.508 e. The summed E-state index contributed by atoms with van der Waals surface area (Å²) in [5.74, 6) is 0.745. The van der Waals surface area contributed by atoms with Gasteiger partial charge in [0, 0.05) is 6.54 Å². The van der Waals surface area contributed by atoms with Gasteiger partial charge in [-0.15, -0.1) is 0 Å². The molecule has 0 unspecified atom stereocenters. The Morgan fingerprint density at radius 1 is 1.05 bits per heavy atom. The summed E-state index contributed by atoms with van der Waals surface area (Å²) in [7, 11) is 0. The first-order chi connectivity index (χ1) is 9.75. The first-order valence-electron chi connectivity index (χ1n) is 6.47. The van der Waals surface area contributed by atoms with Gasteiger partial charge in [0.1, 0.15) is 11.5 Å². The molecule has 2 N–H and O–H groups in total. The molecule has 0 aromatic heterocycles. The molecule has 0 aliphatic carbocycles. The second-order valence-electron chi connectivity index (χ2n) is 4.33. The maximum Gasteiger partial charge on any atom is 0.257 e. The molecule has 4 nitrogen and oxygen atoms in total. The minimum absolute atomic E-state index is 0.00914. The highest BCUT2D eigenvalue weighted by Gasteiger charge is 2.03. The monoisotopic (exact) mass is 271 g/mol. The third-order valence-electron chi connectivity index (χ3n) is 2.82. The van der Waals surface area contributed by atoms with Crippen LogP contribution in [0.25, 0.3) is 0 Å². The van der Waals surface area contributed by atoms with Crippen molar-refractivity contribution in [1.29, 1.82) is 0 Å². The average Bonchev–Trinajstić information content (AvgIpc) is 2.48. The summed E-state index contributed by atoms with van der Waals surface area (Å²) in [6, 6.07) is 16.3. The average molecular weight is 271 g/mol. The van der Waals surface area contributed by atoms with E-state index in [0.29, 0.717) is 18.7 Å².